The van der Waals surface area contributed by atoms with Crippen LogP contribution in [0.4, 0.5) is 5.69 Å². The normalized spacial score (nSPS) is 10.3. The summed E-state index contributed by atoms with van der Waals surface area (Å²) in [5, 5.41) is 6.15. The first-order valence-electron chi connectivity index (χ1n) is 7.77. The second kappa shape index (κ2) is 9.56. The van der Waals surface area contributed by atoms with Crippen LogP contribution in [0, 0.1) is 0 Å². The minimum atomic E-state index is -0.913. The van der Waals surface area contributed by atoms with Crippen LogP contribution < -0.4 is 25.9 Å². The third-order valence-electron chi connectivity index (χ3n) is 3.20. The summed E-state index contributed by atoms with van der Waals surface area (Å²) in [7, 11) is 1.53. The molecule has 0 aliphatic carbocycles. The van der Waals surface area contributed by atoms with Crippen molar-refractivity contribution in [3.63, 3.8) is 0 Å². The number of hydrazone groups is 1. The molecule has 2 rings (SSSR count). The number of primary amides is 1. The molecule has 0 saturated heterocycles. The first kappa shape index (κ1) is 19.4. The lowest BCUT2D eigenvalue weighted by molar-refractivity contribution is -0.136. The van der Waals surface area contributed by atoms with Gasteiger partial charge in [0.15, 0.2) is 6.61 Å². The molecule has 0 radical (unpaired) electrons. The van der Waals surface area contributed by atoms with Gasteiger partial charge in [0.2, 0.25) is 0 Å². The van der Waals surface area contributed by atoms with Crippen LogP contribution in [-0.4, -0.2) is 37.7 Å². The van der Waals surface area contributed by atoms with Crippen LogP contribution in [-0.2, 0) is 14.4 Å². The van der Waals surface area contributed by atoms with E-state index >= 15 is 0 Å². The van der Waals surface area contributed by atoms with Gasteiger partial charge in [0.25, 0.3) is 5.91 Å². The SMILES string of the molecule is COc1ccc(NC(=O)C(=O)N/N=C\c2ccc(OCC(N)=O)cc2)cc1. The summed E-state index contributed by atoms with van der Waals surface area (Å²) in [4.78, 5) is 34.2. The summed E-state index contributed by atoms with van der Waals surface area (Å²) >= 11 is 0. The number of anilines is 1. The van der Waals surface area contributed by atoms with E-state index in [0.717, 1.165) is 0 Å². The van der Waals surface area contributed by atoms with Gasteiger partial charge in [0.05, 0.1) is 13.3 Å². The van der Waals surface area contributed by atoms with Gasteiger partial charge in [0.1, 0.15) is 11.5 Å². The maximum Gasteiger partial charge on any atom is 0.329 e. The fourth-order valence-corrected chi connectivity index (χ4v) is 1.88. The summed E-state index contributed by atoms with van der Waals surface area (Å²) in [6.07, 6.45) is 1.36. The Bertz CT molecular complexity index is 832. The largest absolute Gasteiger partial charge is 0.497 e. The van der Waals surface area contributed by atoms with Crippen molar-refractivity contribution < 1.29 is 23.9 Å². The minimum Gasteiger partial charge on any atom is -0.497 e. The van der Waals surface area contributed by atoms with E-state index in [2.05, 4.69) is 15.8 Å². The molecule has 140 valence electrons. The number of hydrogen-bond acceptors (Lipinski definition) is 6. The van der Waals surface area contributed by atoms with Crippen molar-refractivity contribution in [2.45, 2.75) is 0 Å². The van der Waals surface area contributed by atoms with Gasteiger partial charge in [-0.15, -0.1) is 0 Å². The maximum atomic E-state index is 11.8. The van der Waals surface area contributed by atoms with E-state index < -0.39 is 17.7 Å². The molecule has 27 heavy (non-hydrogen) atoms. The number of carbonyl (C=O) groups excluding carboxylic acids is 3. The lowest BCUT2D eigenvalue weighted by Gasteiger charge is -2.05. The highest BCUT2D eigenvalue weighted by Crippen LogP contribution is 2.14. The first-order valence-corrected chi connectivity index (χ1v) is 7.77. The smallest absolute Gasteiger partial charge is 0.329 e. The predicted octanol–water partition coefficient (Wildman–Crippen LogP) is 0.648. The zero-order valence-electron chi connectivity index (χ0n) is 14.5. The lowest BCUT2D eigenvalue weighted by atomic mass is 10.2. The van der Waals surface area contributed by atoms with Crippen LogP contribution >= 0.6 is 0 Å². The highest BCUT2D eigenvalue weighted by molar-refractivity contribution is 6.39. The molecule has 0 heterocycles. The molecule has 3 amide bonds. The molecule has 2 aromatic rings. The molecule has 2 aromatic carbocycles. The van der Waals surface area contributed by atoms with Gasteiger partial charge in [-0.3, -0.25) is 14.4 Å². The minimum absolute atomic E-state index is 0.215. The van der Waals surface area contributed by atoms with Gasteiger partial charge in [0, 0.05) is 5.69 Å². The molecular weight excluding hydrogens is 352 g/mol. The maximum absolute atomic E-state index is 11.8. The highest BCUT2D eigenvalue weighted by atomic mass is 16.5. The zero-order valence-corrected chi connectivity index (χ0v) is 14.5. The van der Waals surface area contributed by atoms with Crippen molar-refractivity contribution in [2.24, 2.45) is 10.8 Å². The fraction of sp³-hybridized carbons (Fsp3) is 0.111. The van der Waals surface area contributed by atoms with Crippen LogP contribution in [0.2, 0.25) is 0 Å². The summed E-state index contributed by atoms with van der Waals surface area (Å²) in [5.41, 5.74) is 8.22. The van der Waals surface area contributed by atoms with Gasteiger partial charge < -0.3 is 20.5 Å². The number of nitrogens with zero attached hydrogens (tertiary/aromatic N) is 1. The van der Waals surface area contributed by atoms with Crippen molar-refractivity contribution in [1.82, 2.24) is 5.43 Å². The van der Waals surface area contributed by atoms with E-state index in [1.807, 2.05) is 0 Å². The van der Waals surface area contributed by atoms with E-state index in [0.29, 0.717) is 22.7 Å². The van der Waals surface area contributed by atoms with Crippen LogP contribution in [0.5, 0.6) is 11.5 Å². The van der Waals surface area contributed by atoms with Crippen LogP contribution in [0.15, 0.2) is 53.6 Å². The Labute approximate surface area is 155 Å². The Kier molecular flexibility index (Phi) is 6.89. The molecule has 0 aliphatic heterocycles. The van der Waals surface area contributed by atoms with Crippen molar-refractivity contribution in [3.05, 3.63) is 54.1 Å². The van der Waals surface area contributed by atoms with Crippen molar-refractivity contribution in [3.8, 4) is 11.5 Å². The monoisotopic (exact) mass is 370 g/mol. The predicted molar refractivity (Wildman–Crippen MR) is 98.5 cm³/mol. The molecule has 0 aliphatic rings. The molecule has 0 saturated carbocycles. The number of hydrogen-bond donors (Lipinski definition) is 3. The van der Waals surface area contributed by atoms with Gasteiger partial charge in [-0.25, -0.2) is 5.43 Å². The summed E-state index contributed by atoms with van der Waals surface area (Å²) < 4.78 is 10.1. The molecule has 0 fully saturated rings. The van der Waals surface area contributed by atoms with Crippen molar-refractivity contribution in [2.75, 3.05) is 19.0 Å². The number of methoxy groups -OCH3 is 1. The number of nitrogens with one attached hydrogen (secondary N) is 2. The van der Waals surface area contributed by atoms with Crippen molar-refractivity contribution in [1.29, 1.82) is 0 Å². The Balaban J connectivity index is 1.82. The summed E-state index contributed by atoms with van der Waals surface area (Å²) in [6, 6.07) is 13.1. The van der Waals surface area contributed by atoms with E-state index in [-0.39, 0.29) is 6.61 Å². The molecule has 0 atom stereocenters. The fourth-order valence-electron chi connectivity index (χ4n) is 1.88. The van der Waals surface area contributed by atoms with Gasteiger partial charge in [-0.2, -0.15) is 5.10 Å². The Morgan fingerprint density at radius 3 is 2.22 bits per heavy atom. The Morgan fingerprint density at radius 2 is 1.63 bits per heavy atom. The lowest BCUT2D eigenvalue weighted by Crippen LogP contribution is -2.32. The van der Waals surface area contributed by atoms with E-state index in [1.54, 1.807) is 48.5 Å². The molecule has 0 unspecified atom stereocenters. The third kappa shape index (κ3) is 6.50. The van der Waals surface area contributed by atoms with Crippen LogP contribution in [0.25, 0.3) is 0 Å². The molecule has 4 N–H and O–H groups in total. The number of benzene rings is 2. The molecule has 0 aromatic heterocycles. The third-order valence-corrected chi connectivity index (χ3v) is 3.20. The zero-order chi connectivity index (χ0) is 19.6. The van der Waals surface area contributed by atoms with Crippen molar-refractivity contribution >= 4 is 29.6 Å². The quantitative estimate of drug-likeness (QED) is 0.374. The van der Waals surface area contributed by atoms with Crippen LogP contribution in [0.1, 0.15) is 5.56 Å². The Hall–Kier alpha value is -3.88. The first-order chi connectivity index (χ1) is 13.0. The van der Waals surface area contributed by atoms with Gasteiger partial charge in [-0.1, -0.05) is 0 Å². The Morgan fingerprint density at radius 1 is 1.00 bits per heavy atom. The van der Waals surface area contributed by atoms with Gasteiger partial charge in [-0.05, 0) is 54.1 Å². The average Bonchev–Trinajstić information content (AvgIpc) is 2.67. The second-order valence-electron chi connectivity index (χ2n) is 5.21. The summed E-state index contributed by atoms with van der Waals surface area (Å²) in [6.45, 7) is -0.215. The molecule has 0 bridgehead atoms. The molecule has 0 spiro atoms. The van der Waals surface area contributed by atoms with E-state index in [4.69, 9.17) is 15.2 Å². The molecular formula is C18H18N4O5. The van der Waals surface area contributed by atoms with E-state index in [9.17, 15) is 14.4 Å². The number of ether oxygens (including phenoxy) is 2. The average molecular weight is 370 g/mol. The van der Waals surface area contributed by atoms with Gasteiger partial charge >= 0.3 is 11.8 Å². The number of amides is 3. The summed E-state index contributed by atoms with van der Waals surface area (Å²) in [5.74, 6) is -1.24. The highest BCUT2D eigenvalue weighted by Gasteiger charge is 2.12. The topological polar surface area (TPSA) is 132 Å². The number of carbonyl (C=O) groups is 3. The van der Waals surface area contributed by atoms with E-state index in [1.165, 1.54) is 13.3 Å². The molecule has 9 heteroatoms. The van der Waals surface area contributed by atoms with Crippen LogP contribution in [0.3, 0.4) is 0 Å². The standard InChI is InChI=1S/C18H18N4O5/c1-26-14-8-4-13(5-9-14)21-17(24)18(25)22-20-10-12-2-6-15(7-3-12)27-11-16(19)23/h2-10H,11H2,1H3,(H2,19,23)(H,21,24)(H,22,25)/b20-10-. The number of rotatable bonds is 7. The second-order valence-corrected chi connectivity index (χ2v) is 5.21. The molecule has 9 nitrogen and oxygen atoms in total. The number of nitrogens with two attached hydrogens (primary N) is 1.